The number of hydrogen-bond acceptors (Lipinski definition) is 6. The summed E-state index contributed by atoms with van der Waals surface area (Å²) in [6.45, 7) is -0.826. The Labute approximate surface area is 263 Å². The fourth-order valence-electron chi connectivity index (χ4n) is 3.79. The lowest BCUT2D eigenvalue weighted by Crippen LogP contribution is -2.37. The molecule has 246 valence electrons. The van der Waals surface area contributed by atoms with E-state index >= 15 is 0 Å². The number of fused-ring (bicyclic) bond motifs is 1. The molecule has 0 spiro atoms. The van der Waals surface area contributed by atoms with Crippen LogP contribution in [0.25, 0.3) is 11.2 Å². The van der Waals surface area contributed by atoms with Crippen LogP contribution in [0, 0.1) is 5.92 Å². The number of carbonyl (C=O) groups excluding carboxylic acids is 2. The number of ether oxygens (including phenoxy) is 1. The molecule has 2 aromatic heterocycles. The fraction of sp³-hybridized carbons (Fsp3) is 0.259. The van der Waals surface area contributed by atoms with Gasteiger partial charge in [-0.1, -0.05) is 29.3 Å². The number of halogens is 10. The molecule has 0 aliphatic heterocycles. The van der Waals surface area contributed by atoms with Gasteiger partial charge in [-0.3, -0.25) is 9.59 Å². The number of nitrogens with zero attached hydrogens (tertiary/aromatic N) is 2. The molecule has 4 aromatic rings. The minimum Gasteiger partial charge on any atom is -0.471 e. The molecule has 0 saturated carbocycles. The first-order chi connectivity index (χ1) is 21.4. The average molecular weight is 699 g/mol. The molecule has 2 heterocycles. The van der Waals surface area contributed by atoms with Gasteiger partial charge in [0.15, 0.2) is 12.3 Å². The molecule has 46 heavy (non-hydrogen) atoms. The Hall–Kier alpha value is -4.38. The Morgan fingerprint density at radius 3 is 2.28 bits per heavy atom. The number of nitrogens with one attached hydrogen (secondary N) is 4. The van der Waals surface area contributed by atoms with Gasteiger partial charge >= 0.3 is 12.4 Å². The quantitative estimate of drug-likeness (QED) is 0.126. The summed E-state index contributed by atoms with van der Waals surface area (Å²) in [4.78, 5) is 35.9. The largest absolute Gasteiger partial charge is 0.471 e. The lowest BCUT2D eigenvalue weighted by Gasteiger charge is -2.17. The molecule has 0 radical (unpaired) electrons. The summed E-state index contributed by atoms with van der Waals surface area (Å²) in [5, 5.41) is 7.20. The number of benzene rings is 2. The van der Waals surface area contributed by atoms with Crippen LogP contribution in [0.3, 0.4) is 0 Å². The summed E-state index contributed by atoms with van der Waals surface area (Å²) >= 11 is 12.7. The van der Waals surface area contributed by atoms with Crippen LogP contribution in [-0.2, 0) is 17.5 Å². The van der Waals surface area contributed by atoms with E-state index in [2.05, 4.69) is 30.9 Å². The zero-order valence-electron chi connectivity index (χ0n) is 23.0. The predicted molar refractivity (Wildman–Crippen MR) is 152 cm³/mol. The Kier molecular flexibility index (Phi) is 10.2. The number of amides is 2. The summed E-state index contributed by atoms with van der Waals surface area (Å²) in [5.41, 5.74) is -1.22. The molecule has 0 aliphatic carbocycles. The van der Waals surface area contributed by atoms with E-state index in [-0.39, 0.29) is 56.2 Å². The molecule has 9 nitrogen and oxygen atoms in total. The molecular formula is C27H20Cl2F8N6O3. The van der Waals surface area contributed by atoms with Crippen LogP contribution in [0.2, 0.25) is 10.0 Å². The maximum absolute atomic E-state index is 13.0. The molecule has 4 rings (SSSR count). The smallest absolute Gasteiger partial charge is 0.416 e. The number of imidazole rings is 1. The standard InChI is InChI=1S/C27H20Cl2F8N6O3/c1-11(26(32,33)34)22(44)38-9-12-2-7-16(28)20(19(12)29)41-25-40-17-8-15(24(42-21(17)43-25)46-10-18(30)31)23(45)39-14-5-3-13(4-6-14)27(35,36)37/h2-8,11,18H,9-10H2,1H3,(H,38,44)(H,39,45)(H2,40,41,42,43). The topological polar surface area (TPSA) is 121 Å². The van der Waals surface area contributed by atoms with Crippen molar-refractivity contribution in [2.45, 2.75) is 32.2 Å². The summed E-state index contributed by atoms with van der Waals surface area (Å²) in [7, 11) is 0. The molecule has 4 N–H and O–H groups in total. The maximum Gasteiger partial charge on any atom is 0.416 e. The number of aromatic nitrogens is 3. The number of pyridine rings is 1. The molecule has 0 aliphatic rings. The van der Waals surface area contributed by atoms with Gasteiger partial charge in [0.1, 0.15) is 11.5 Å². The molecule has 2 amide bonds. The molecule has 1 unspecified atom stereocenters. The van der Waals surface area contributed by atoms with E-state index in [0.29, 0.717) is 6.92 Å². The van der Waals surface area contributed by atoms with Crippen molar-refractivity contribution in [3.8, 4) is 5.88 Å². The zero-order valence-corrected chi connectivity index (χ0v) is 24.5. The third-order valence-corrected chi connectivity index (χ3v) is 7.00. The summed E-state index contributed by atoms with van der Waals surface area (Å²) in [6, 6.07) is 7.34. The van der Waals surface area contributed by atoms with Gasteiger partial charge in [-0.25, -0.2) is 8.78 Å². The van der Waals surface area contributed by atoms with E-state index in [4.69, 9.17) is 27.9 Å². The maximum atomic E-state index is 13.0. The van der Waals surface area contributed by atoms with Gasteiger partial charge in [0.2, 0.25) is 17.7 Å². The summed E-state index contributed by atoms with van der Waals surface area (Å²) in [6.07, 6.45) is -12.3. The number of aromatic amines is 1. The zero-order chi connectivity index (χ0) is 34.0. The molecule has 1 atom stereocenters. The first-order valence-electron chi connectivity index (χ1n) is 12.8. The van der Waals surface area contributed by atoms with E-state index < -0.39 is 54.6 Å². The van der Waals surface area contributed by atoms with Gasteiger partial charge in [-0.05, 0) is 48.9 Å². The Bertz CT molecular complexity index is 1750. The summed E-state index contributed by atoms with van der Waals surface area (Å²) < 4.78 is 108. The van der Waals surface area contributed by atoms with Gasteiger partial charge in [-0.15, -0.1) is 0 Å². The van der Waals surface area contributed by atoms with Crippen molar-refractivity contribution >= 4 is 63.5 Å². The molecule has 0 saturated heterocycles. The fourth-order valence-corrected chi connectivity index (χ4v) is 4.32. The normalized spacial score (nSPS) is 12.7. The van der Waals surface area contributed by atoms with Gasteiger partial charge < -0.3 is 25.7 Å². The minimum atomic E-state index is -4.75. The van der Waals surface area contributed by atoms with Gasteiger partial charge in [0.05, 0.1) is 26.8 Å². The van der Waals surface area contributed by atoms with Crippen LogP contribution in [0.5, 0.6) is 5.88 Å². The number of anilines is 3. The number of rotatable bonds is 10. The second kappa shape index (κ2) is 13.5. The number of carbonyl (C=O) groups is 2. The second-order valence-corrected chi connectivity index (χ2v) is 10.3. The molecular weight excluding hydrogens is 679 g/mol. The van der Waals surface area contributed by atoms with E-state index in [9.17, 15) is 44.7 Å². The summed E-state index contributed by atoms with van der Waals surface area (Å²) in [5.74, 6) is -5.14. The van der Waals surface area contributed by atoms with Crippen molar-refractivity contribution in [3.05, 3.63) is 69.2 Å². The van der Waals surface area contributed by atoms with Gasteiger partial charge in [0, 0.05) is 12.2 Å². The van der Waals surface area contributed by atoms with Crippen molar-refractivity contribution < 1.29 is 49.4 Å². The lowest BCUT2D eigenvalue weighted by atomic mass is 10.1. The average Bonchev–Trinajstić information content (AvgIpc) is 3.37. The number of hydrogen-bond donors (Lipinski definition) is 4. The first-order valence-corrected chi connectivity index (χ1v) is 13.6. The van der Waals surface area contributed by atoms with Crippen LogP contribution in [0.1, 0.15) is 28.4 Å². The van der Waals surface area contributed by atoms with Crippen molar-refractivity contribution in [2.75, 3.05) is 17.2 Å². The SMILES string of the molecule is CC(C(=O)NCc1ccc(Cl)c(Nc2nc3nc(OCC(F)F)c(C(=O)Nc4ccc(C(F)(F)F)cc4)cc3[nH]2)c1Cl)C(F)(F)F. The Balaban J connectivity index is 1.60. The third kappa shape index (κ3) is 8.25. The highest BCUT2D eigenvalue weighted by molar-refractivity contribution is 6.39. The second-order valence-electron chi connectivity index (χ2n) is 9.53. The highest BCUT2D eigenvalue weighted by Gasteiger charge is 2.41. The minimum absolute atomic E-state index is 0.0208. The molecule has 0 fully saturated rings. The van der Waals surface area contributed by atoms with Gasteiger partial charge in [0.25, 0.3) is 12.3 Å². The Morgan fingerprint density at radius 2 is 1.67 bits per heavy atom. The van der Waals surface area contributed by atoms with Crippen molar-refractivity contribution in [1.29, 1.82) is 0 Å². The molecule has 0 bridgehead atoms. The van der Waals surface area contributed by atoms with Gasteiger partial charge in [-0.2, -0.15) is 36.3 Å². The van der Waals surface area contributed by atoms with Crippen molar-refractivity contribution in [1.82, 2.24) is 20.3 Å². The third-order valence-electron chi connectivity index (χ3n) is 6.25. The number of alkyl halides is 8. The lowest BCUT2D eigenvalue weighted by molar-refractivity contribution is -0.179. The van der Waals surface area contributed by atoms with Crippen molar-refractivity contribution in [2.24, 2.45) is 5.92 Å². The van der Waals surface area contributed by atoms with Crippen molar-refractivity contribution in [3.63, 3.8) is 0 Å². The van der Waals surface area contributed by atoms with Crippen LogP contribution in [0.15, 0.2) is 42.5 Å². The van der Waals surface area contributed by atoms with Crippen LogP contribution < -0.4 is 20.7 Å². The van der Waals surface area contributed by atoms with E-state index in [1.165, 1.54) is 12.1 Å². The van der Waals surface area contributed by atoms with Crippen LogP contribution in [-0.4, -0.2) is 46.0 Å². The predicted octanol–water partition coefficient (Wildman–Crippen LogP) is 7.74. The highest BCUT2D eigenvalue weighted by Crippen LogP contribution is 2.36. The molecule has 2 aromatic carbocycles. The van der Waals surface area contributed by atoms with Crippen LogP contribution in [0.4, 0.5) is 52.4 Å². The highest BCUT2D eigenvalue weighted by atomic mass is 35.5. The van der Waals surface area contributed by atoms with Crippen LogP contribution >= 0.6 is 23.2 Å². The van der Waals surface area contributed by atoms with E-state index in [1.54, 1.807) is 0 Å². The Morgan fingerprint density at radius 1 is 1.00 bits per heavy atom. The van der Waals surface area contributed by atoms with E-state index in [0.717, 1.165) is 30.3 Å². The monoisotopic (exact) mass is 698 g/mol. The number of H-pyrrole nitrogens is 1. The molecule has 19 heteroatoms. The first kappa shape index (κ1) is 34.5. The van der Waals surface area contributed by atoms with E-state index in [1.807, 2.05) is 0 Å².